The number of nitrogens with one attached hydrogen (secondary N) is 1. The van der Waals surface area contributed by atoms with Gasteiger partial charge in [-0.2, -0.15) is 0 Å². The third-order valence-corrected chi connectivity index (χ3v) is 4.05. The summed E-state index contributed by atoms with van der Waals surface area (Å²) in [6.45, 7) is 0. The van der Waals surface area contributed by atoms with Gasteiger partial charge in [0.2, 0.25) is 10.0 Å². The minimum absolute atomic E-state index is 0.137. The molecule has 2 aromatic carbocycles. The molecule has 0 radical (unpaired) electrons. The normalized spacial score (nSPS) is 11.4. The molecule has 0 saturated carbocycles. The van der Waals surface area contributed by atoms with Gasteiger partial charge in [0.15, 0.2) is 0 Å². The molecule has 0 saturated heterocycles. The summed E-state index contributed by atoms with van der Waals surface area (Å²) in [5.41, 5.74) is 1.01. The van der Waals surface area contributed by atoms with Gasteiger partial charge in [0.1, 0.15) is 5.82 Å². The van der Waals surface area contributed by atoms with Crippen LogP contribution in [0.4, 0.5) is 4.39 Å². The van der Waals surface area contributed by atoms with E-state index in [1.807, 2.05) is 0 Å². The van der Waals surface area contributed by atoms with Gasteiger partial charge in [0, 0.05) is 5.56 Å². The SMILES string of the molecule is CNS(=O)(=O)c1ccccc1-c1cccc(F)c1. The van der Waals surface area contributed by atoms with Gasteiger partial charge in [-0.3, -0.25) is 0 Å². The molecule has 5 heteroatoms. The van der Waals surface area contributed by atoms with Crippen LogP contribution in [0.2, 0.25) is 0 Å². The van der Waals surface area contributed by atoms with Crippen LogP contribution in [0.15, 0.2) is 53.4 Å². The molecule has 0 fully saturated rings. The standard InChI is InChI=1S/C13H12FNO2S/c1-15-18(16,17)13-8-3-2-7-12(13)10-5-4-6-11(14)9-10/h2-9,15H,1H3. The average Bonchev–Trinajstić information content (AvgIpc) is 2.39. The lowest BCUT2D eigenvalue weighted by atomic mass is 10.1. The van der Waals surface area contributed by atoms with Crippen molar-refractivity contribution in [1.29, 1.82) is 0 Å². The maximum atomic E-state index is 13.2. The van der Waals surface area contributed by atoms with Gasteiger partial charge in [-0.05, 0) is 30.8 Å². The van der Waals surface area contributed by atoms with E-state index in [9.17, 15) is 12.8 Å². The highest BCUT2D eigenvalue weighted by molar-refractivity contribution is 7.89. The van der Waals surface area contributed by atoms with Gasteiger partial charge in [-0.25, -0.2) is 17.5 Å². The summed E-state index contributed by atoms with van der Waals surface area (Å²) >= 11 is 0. The predicted molar refractivity (Wildman–Crippen MR) is 68.1 cm³/mol. The molecule has 0 amide bonds. The molecule has 0 bridgehead atoms. The first-order chi connectivity index (χ1) is 8.54. The Bertz CT molecular complexity index is 668. The monoisotopic (exact) mass is 265 g/mol. The van der Waals surface area contributed by atoms with Crippen molar-refractivity contribution in [2.75, 3.05) is 7.05 Å². The van der Waals surface area contributed by atoms with Crippen molar-refractivity contribution < 1.29 is 12.8 Å². The van der Waals surface area contributed by atoms with Crippen LogP contribution in [0.1, 0.15) is 0 Å². The van der Waals surface area contributed by atoms with E-state index in [-0.39, 0.29) is 4.90 Å². The molecule has 3 nitrogen and oxygen atoms in total. The van der Waals surface area contributed by atoms with Gasteiger partial charge in [-0.15, -0.1) is 0 Å². The summed E-state index contributed by atoms with van der Waals surface area (Å²) in [5.74, 6) is -0.399. The lowest BCUT2D eigenvalue weighted by Crippen LogP contribution is -2.19. The van der Waals surface area contributed by atoms with Crippen molar-refractivity contribution >= 4 is 10.0 Å². The number of rotatable bonds is 3. The zero-order valence-corrected chi connectivity index (χ0v) is 10.5. The highest BCUT2D eigenvalue weighted by Crippen LogP contribution is 2.27. The second kappa shape index (κ2) is 4.88. The van der Waals surface area contributed by atoms with Gasteiger partial charge in [0.25, 0.3) is 0 Å². The van der Waals surface area contributed by atoms with E-state index in [1.54, 1.807) is 30.3 Å². The molecule has 0 heterocycles. The lowest BCUT2D eigenvalue weighted by molar-refractivity contribution is 0.588. The average molecular weight is 265 g/mol. The topological polar surface area (TPSA) is 46.2 Å². The van der Waals surface area contributed by atoms with E-state index in [2.05, 4.69) is 4.72 Å². The summed E-state index contributed by atoms with van der Waals surface area (Å²) < 4.78 is 39.2. The summed E-state index contributed by atoms with van der Waals surface area (Å²) in [4.78, 5) is 0.137. The zero-order chi connectivity index (χ0) is 13.2. The van der Waals surface area contributed by atoms with Crippen molar-refractivity contribution in [3.05, 3.63) is 54.3 Å². The molecule has 1 N–H and O–H groups in total. The fourth-order valence-corrected chi connectivity index (χ4v) is 2.66. The van der Waals surface area contributed by atoms with Crippen LogP contribution in [-0.2, 0) is 10.0 Å². The van der Waals surface area contributed by atoms with E-state index in [0.29, 0.717) is 11.1 Å². The van der Waals surface area contributed by atoms with Crippen LogP contribution in [0, 0.1) is 5.82 Å². The highest BCUT2D eigenvalue weighted by Gasteiger charge is 2.16. The zero-order valence-electron chi connectivity index (χ0n) is 9.72. The summed E-state index contributed by atoms with van der Waals surface area (Å²) in [6.07, 6.45) is 0. The van der Waals surface area contributed by atoms with Gasteiger partial charge < -0.3 is 0 Å². The second-order valence-corrected chi connectivity index (χ2v) is 5.57. The van der Waals surface area contributed by atoms with Crippen molar-refractivity contribution in [3.8, 4) is 11.1 Å². The minimum atomic E-state index is -3.56. The first-order valence-electron chi connectivity index (χ1n) is 5.33. The highest BCUT2D eigenvalue weighted by atomic mass is 32.2. The largest absolute Gasteiger partial charge is 0.240 e. The second-order valence-electron chi connectivity index (χ2n) is 3.71. The van der Waals surface area contributed by atoms with Crippen molar-refractivity contribution in [2.45, 2.75) is 4.90 Å². The summed E-state index contributed by atoms with van der Waals surface area (Å²) in [5, 5.41) is 0. The molecule has 0 aromatic heterocycles. The molecule has 0 aliphatic rings. The summed E-state index contributed by atoms with van der Waals surface area (Å²) in [6, 6.07) is 12.3. The Morgan fingerprint density at radius 3 is 2.44 bits per heavy atom. The van der Waals surface area contributed by atoms with Crippen LogP contribution in [0.5, 0.6) is 0 Å². The molecule has 0 atom stereocenters. The molecule has 0 spiro atoms. The Morgan fingerprint density at radius 2 is 1.78 bits per heavy atom. The third kappa shape index (κ3) is 2.42. The van der Waals surface area contributed by atoms with E-state index < -0.39 is 15.8 Å². The quantitative estimate of drug-likeness (QED) is 0.926. The molecule has 94 valence electrons. The molecule has 0 aliphatic heterocycles. The maximum Gasteiger partial charge on any atom is 0.240 e. The Hall–Kier alpha value is -1.72. The first kappa shape index (κ1) is 12.7. The minimum Gasteiger partial charge on any atom is -0.214 e. The van der Waals surface area contributed by atoms with E-state index in [1.165, 1.54) is 25.2 Å². The maximum absolute atomic E-state index is 13.2. The van der Waals surface area contributed by atoms with Crippen LogP contribution in [-0.4, -0.2) is 15.5 Å². The molecule has 0 unspecified atom stereocenters. The Kier molecular flexibility index (Phi) is 3.45. The molecular formula is C13H12FNO2S. The van der Waals surface area contributed by atoms with Crippen molar-refractivity contribution in [2.24, 2.45) is 0 Å². The van der Waals surface area contributed by atoms with Crippen LogP contribution < -0.4 is 4.72 Å². The Morgan fingerprint density at radius 1 is 1.06 bits per heavy atom. The van der Waals surface area contributed by atoms with Crippen LogP contribution in [0.3, 0.4) is 0 Å². The summed E-state index contributed by atoms with van der Waals surface area (Å²) in [7, 11) is -2.22. The van der Waals surface area contributed by atoms with Crippen molar-refractivity contribution in [1.82, 2.24) is 4.72 Å². The van der Waals surface area contributed by atoms with Gasteiger partial charge in [-0.1, -0.05) is 30.3 Å². The third-order valence-electron chi connectivity index (χ3n) is 2.58. The molecular weight excluding hydrogens is 253 g/mol. The van der Waals surface area contributed by atoms with Crippen LogP contribution in [0.25, 0.3) is 11.1 Å². The Labute approximate surface area is 105 Å². The number of hydrogen-bond donors (Lipinski definition) is 1. The fraction of sp³-hybridized carbons (Fsp3) is 0.0769. The van der Waals surface area contributed by atoms with Crippen LogP contribution >= 0.6 is 0 Å². The smallest absolute Gasteiger partial charge is 0.214 e. The predicted octanol–water partition coefficient (Wildman–Crippen LogP) is 2.40. The van der Waals surface area contributed by atoms with E-state index in [4.69, 9.17) is 0 Å². The van der Waals surface area contributed by atoms with Gasteiger partial charge >= 0.3 is 0 Å². The van der Waals surface area contributed by atoms with E-state index in [0.717, 1.165) is 0 Å². The first-order valence-corrected chi connectivity index (χ1v) is 6.81. The number of halogens is 1. The van der Waals surface area contributed by atoms with E-state index >= 15 is 0 Å². The number of benzene rings is 2. The molecule has 0 aliphatic carbocycles. The molecule has 18 heavy (non-hydrogen) atoms. The molecule has 2 aromatic rings. The number of sulfonamides is 1. The Balaban J connectivity index is 2.66. The van der Waals surface area contributed by atoms with Gasteiger partial charge in [0.05, 0.1) is 4.90 Å². The number of hydrogen-bond acceptors (Lipinski definition) is 2. The van der Waals surface area contributed by atoms with Crippen molar-refractivity contribution in [3.63, 3.8) is 0 Å². The lowest BCUT2D eigenvalue weighted by Gasteiger charge is -2.09. The fourth-order valence-electron chi connectivity index (χ4n) is 1.71. The molecule has 2 rings (SSSR count).